The standard InChI is InChI=1S/C23H26N4O4.C22H22ClN3O4.C20H22N4O4/c1-23(2)30-18-17(16(28)14-7-5-12-4-6-13(12)10-14)29-22(19(18)31-23)27-9-8-15-20(24-3)25-11-26-21(15)27;1-22(2)29-17-16(15(27)13-6-4-11-3-5-12(11)9-13)28-21(18(17)30-22)26-8-7-14-19(23)24-10-25-20(14)26;1-21-18-13-6-7-24(19(13)23-9-22-18)20-16(27)15(26)17(28-20)14(25)12-5-3-10-2-4-11(10)8-12/h5,7-11,16-19,22,28H,4,6H2,1-3H3,(H,24,25,26);4,6-10,15-18,21,27H,3,5H2,1-2H3;3,5-9,14-17,20,25-27H,2,4H2,1H3,(H,21,22,23)/t16-,17-,18-,19-,22-;15-,16-,17-,18-,21-;14-,15+,16-,17-,20-/m111/s1. The van der Waals surface area contributed by atoms with E-state index in [1.54, 1.807) is 17.8 Å². The van der Waals surface area contributed by atoms with E-state index in [0.717, 1.165) is 77.3 Å². The predicted octanol–water partition coefficient (Wildman–Crippen LogP) is 6.98. The van der Waals surface area contributed by atoms with Gasteiger partial charge in [0.2, 0.25) is 0 Å². The van der Waals surface area contributed by atoms with Gasteiger partial charge in [0.05, 0.1) is 16.2 Å². The molecule has 0 amide bonds. The van der Waals surface area contributed by atoms with Gasteiger partial charge in [-0.2, -0.15) is 0 Å². The van der Waals surface area contributed by atoms with Gasteiger partial charge in [0.25, 0.3) is 0 Å². The number of halogens is 1. The van der Waals surface area contributed by atoms with E-state index >= 15 is 0 Å². The second-order valence-corrected chi connectivity index (χ2v) is 25.4. The molecule has 3 aromatic carbocycles. The average molecular weight is 1230 g/mol. The minimum atomic E-state index is -1.23. The first-order chi connectivity index (χ1) is 42.9. The second kappa shape index (κ2) is 22.4. The number of aryl methyl sites for hydroxylation is 6. The Morgan fingerprint density at radius 2 is 0.809 bits per heavy atom. The lowest BCUT2D eigenvalue weighted by Crippen LogP contribution is -2.35. The molecule has 89 heavy (non-hydrogen) atoms. The van der Waals surface area contributed by atoms with Crippen LogP contribution in [0, 0.1) is 0 Å². The molecule has 23 nitrogen and oxygen atoms in total. The highest BCUT2D eigenvalue weighted by molar-refractivity contribution is 6.33. The maximum absolute atomic E-state index is 11.3. The van der Waals surface area contributed by atoms with Crippen LogP contribution >= 0.6 is 11.6 Å². The van der Waals surface area contributed by atoms with Crippen LogP contribution in [-0.4, -0.2) is 150 Å². The monoisotopic (exact) mass is 1230 g/mol. The van der Waals surface area contributed by atoms with Crippen molar-refractivity contribution in [2.24, 2.45) is 0 Å². The third-order valence-electron chi connectivity index (χ3n) is 18.8. The van der Waals surface area contributed by atoms with Crippen molar-refractivity contribution in [1.29, 1.82) is 0 Å². The zero-order chi connectivity index (χ0) is 61.4. The molecular formula is C65H70ClN11O12. The number of hydrogen-bond donors (Lipinski definition) is 7. The highest BCUT2D eigenvalue weighted by atomic mass is 35.5. The van der Waals surface area contributed by atoms with Crippen LogP contribution in [0.5, 0.6) is 0 Å². The Morgan fingerprint density at radius 3 is 1.21 bits per heavy atom. The topological polar surface area (TPSA) is 282 Å². The van der Waals surface area contributed by atoms with Gasteiger partial charge < -0.3 is 83.0 Å². The van der Waals surface area contributed by atoms with E-state index in [2.05, 4.69) is 64.8 Å². The van der Waals surface area contributed by atoms with Gasteiger partial charge in [0.1, 0.15) is 126 Å². The van der Waals surface area contributed by atoms with Gasteiger partial charge in [-0.1, -0.05) is 66.2 Å². The first-order valence-corrected chi connectivity index (χ1v) is 30.7. The number of hydrogen-bond acceptors (Lipinski definition) is 20. The van der Waals surface area contributed by atoms with Crippen LogP contribution < -0.4 is 10.6 Å². The predicted molar refractivity (Wildman–Crippen MR) is 325 cm³/mol. The fraction of sp³-hybridized carbons (Fsp3) is 0.446. The van der Waals surface area contributed by atoms with Gasteiger partial charge in [-0.25, -0.2) is 29.9 Å². The van der Waals surface area contributed by atoms with Gasteiger partial charge in [-0.3, -0.25) is 0 Å². The van der Waals surface area contributed by atoms with Crippen molar-refractivity contribution in [2.75, 3.05) is 24.7 Å². The van der Waals surface area contributed by atoms with Crippen LogP contribution in [0.25, 0.3) is 33.1 Å². The smallest absolute Gasteiger partial charge is 0.164 e. The molecule has 0 bridgehead atoms. The molecule has 0 radical (unpaired) electrons. The number of aromatic nitrogens is 9. The van der Waals surface area contributed by atoms with Crippen molar-refractivity contribution in [3.63, 3.8) is 0 Å². The minimum Gasteiger partial charge on any atom is -0.387 e. The van der Waals surface area contributed by atoms with Gasteiger partial charge in [0, 0.05) is 32.7 Å². The number of fused-ring (bicyclic) bond motifs is 8. The Bertz CT molecular complexity index is 4180. The van der Waals surface area contributed by atoms with Crippen LogP contribution in [0.2, 0.25) is 5.15 Å². The minimum absolute atomic E-state index is 0.370. The Balaban J connectivity index is 0.000000112. The lowest BCUT2D eigenvalue weighted by molar-refractivity contribution is -0.207. The summed E-state index contributed by atoms with van der Waals surface area (Å²) in [7, 11) is 3.60. The Hall–Kier alpha value is -7.07. The summed E-state index contributed by atoms with van der Waals surface area (Å²) < 4.78 is 49.1. The van der Waals surface area contributed by atoms with Crippen molar-refractivity contribution in [3.8, 4) is 0 Å². The molecule has 5 aliphatic heterocycles. The van der Waals surface area contributed by atoms with Gasteiger partial charge in [-0.05, 0) is 134 Å². The van der Waals surface area contributed by atoms with Crippen LogP contribution in [0.15, 0.2) is 110 Å². The van der Waals surface area contributed by atoms with E-state index in [9.17, 15) is 25.5 Å². The molecule has 11 heterocycles. The first-order valence-electron chi connectivity index (χ1n) is 30.3. The van der Waals surface area contributed by atoms with E-state index in [1.807, 2.05) is 105 Å². The highest BCUT2D eigenvalue weighted by Crippen LogP contribution is 2.50. The average Bonchev–Trinajstić information content (AvgIpc) is 1.62. The summed E-state index contributed by atoms with van der Waals surface area (Å²) >= 11 is 6.22. The normalized spacial score (nSPS) is 29.0. The summed E-state index contributed by atoms with van der Waals surface area (Å²) in [5, 5.41) is 63.4. The zero-order valence-electron chi connectivity index (χ0n) is 49.8. The molecule has 24 heteroatoms. The Kier molecular flexibility index (Phi) is 14.7. The summed E-state index contributed by atoms with van der Waals surface area (Å²) in [6, 6.07) is 23.8. The third-order valence-corrected chi connectivity index (χ3v) is 19.1. The molecule has 464 valence electrons. The molecule has 0 saturated carbocycles. The third kappa shape index (κ3) is 10.1. The molecule has 5 saturated heterocycles. The molecule has 5 fully saturated rings. The van der Waals surface area contributed by atoms with E-state index in [-0.39, 0.29) is 6.10 Å². The highest BCUT2D eigenvalue weighted by Gasteiger charge is 2.60. The quantitative estimate of drug-likeness (QED) is 0.0643. The zero-order valence-corrected chi connectivity index (χ0v) is 50.5. The van der Waals surface area contributed by atoms with Crippen molar-refractivity contribution in [3.05, 3.63) is 166 Å². The molecule has 9 aromatic rings. The number of nitrogens with one attached hydrogen (secondary N) is 2. The van der Waals surface area contributed by atoms with Crippen molar-refractivity contribution < 1.29 is 58.7 Å². The first kappa shape index (κ1) is 58.3. The summed E-state index contributed by atoms with van der Waals surface area (Å²) in [5.74, 6) is -0.119. The van der Waals surface area contributed by atoms with Crippen LogP contribution in [-0.2, 0) is 71.7 Å². The summed E-state index contributed by atoms with van der Waals surface area (Å²) in [6.45, 7) is 7.55. The number of rotatable bonds is 11. The van der Waals surface area contributed by atoms with E-state index in [1.165, 1.54) is 52.4 Å². The summed E-state index contributed by atoms with van der Waals surface area (Å²) in [4.78, 5) is 25.7. The van der Waals surface area contributed by atoms with Crippen LogP contribution in [0.1, 0.15) is 115 Å². The number of anilines is 2. The van der Waals surface area contributed by atoms with Gasteiger partial charge >= 0.3 is 0 Å². The number of benzene rings is 3. The number of aliphatic hydroxyl groups excluding tert-OH is 5. The van der Waals surface area contributed by atoms with E-state index < -0.39 is 97.4 Å². The second-order valence-electron chi connectivity index (χ2n) is 25.0. The molecular weight excluding hydrogens is 1160 g/mol. The Labute approximate surface area is 516 Å². The van der Waals surface area contributed by atoms with Crippen molar-refractivity contribution in [2.45, 2.75) is 170 Å². The molecule has 0 unspecified atom stereocenters. The van der Waals surface area contributed by atoms with Crippen molar-refractivity contribution in [1.82, 2.24) is 43.6 Å². The maximum Gasteiger partial charge on any atom is 0.164 e. The molecule has 15 atom stereocenters. The van der Waals surface area contributed by atoms with Crippen molar-refractivity contribution >= 4 is 56.3 Å². The van der Waals surface area contributed by atoms with Crippen LogP contribution in [0.4, 0.5) is 11.6 Å². The lowest BCUT2D eigenvalue weighted by Gasteiger charge is -2.28. The van der Waals surface area contributed by atoms with Crippen LogP contribution in [0.3, 0.4) is 0 Å². The van der Waals surface area contributed by atoms with Gasteiger partial charge in [-0.15, -0.1) is 0 Å². The summed E-state index contributed by atoms with van der Waals surface area (Å²) in [5.41, 5.74) is 12.2. The maximum atomic E-state index is 11.3. The van der Waals surface area contributed by atoms with E-state index in [4.69, 9.17) is 44.8 Å². The fourth-order valence-electron chi connectivity index (χ4n) is 14.0. The largest absolute Gasteiger partial charge is 0.387 e. The van der Waals surface area contributed by atoms with Gasteiger partial charge in [0.15, 0.2) is 30.3 Å². The molecule has 7 N–H and O–H groups in total. The SMILES string of the molecule is CC1(C)O[C@H]2[C@@H](O1)[C@H](n1ccc3c(Cl)ncnc31)O[C@@H]2[C@H](O)c1ccc2c(c1)CC2.CNc1ncnc2c1ccn2[C@@H]1O[C@H]([C@H](O)c2ccc3c(c2)CC3)[C@@H](O)[C@H]1O.CNc1ncnc2c1ccn2[C@@H]1O[C@H]([C@H](O)c2ccc3c(c2)CC3)[C@H]2OC(C)(C)O[C@H]21. The molecule has 0 spiro atoms. The molecule has 17 rings (SSSR count). The van der Waals surface area contributed by atoms with E-state index in [0.29, 0.717) is 27.8 Å². The number of nitrogens with zero attached hydrogens (tertiary/aromatic N) is 9. The lowest BCUT2D eigenvalue weighted by atomic mass is 9.85. The molecule has 3 aliphatic carbocycles. The fourth-order valence-corrected chi connectivity index (χ4v) is 14.2. The number of aliphatic hydroxyl groups is 5. The number of ether oxygens (including phenoxy) is 7. The Morgan fingerprint density at radius 1 is 0.449 bits per heavy atom. The summed E-state index contributed by atoms with van der Waals surface area (Å²) in [6.07, 6.45) is 5.70. The molecule has 6 aromatic heterocycles. The molecule has 8 aliphatic rings.